The first-order valence-corrected chi connectivity index (χ1v) is 9.42. The number of hydrogen-bond acceptors (Lipinski definition) is 4. The molecule has 3 rings (SSSR count). The predicted molar refractivity (Wildman–Crippen MR) is 99.8 cm³/mol. The van der Waals surface area contributed by atoms with E-state index in [-0.39, 0.29) is 29.8 Å². The van der Waals surface area contributed by atoms with Crippen molar-refractivity contribution in [3.8, 4) is 5.75 Å². The number of ether oxygens (including phenoxy) is 1. The standard InChI is InChI=1S/C20H29N3O3/c1-13-10-11-21-12-17(13)22-20(25)16-8-9-18(24)23(2)19(16)14-4-6-15(26-3)7-5-14/h4-7,13,16-17,19,21H,8-12H2,1-3H3,(H,22,25). The minimum Gasteiger partial charge on any atom is -0.497 e. The van der Waals surface area contributed by atoms with E-state index in [1.54, 1.807) is 19.1 Å². The average molecular weight is 359 g/mol. The van der Waals surface area contributed by atoms with Gasteiger partial charge in [0, 0.05) is 26.1 Å². The number of likely N-dealkylation sites (tertiary alicyclic amines) is 1. The van der Waals surface area contributed by atoms with Gasteiger partial charge in [0.15, 0.2) is 0 Å². The van der Waals surface area contributed by atoms with Gasteiger partial charge in [-0.2, -0.15) is 0 Å². The Kier molecular flexibility index (Phi) is 5.81. The van der Waals surface area contributed by atoms with Crippen molar-refractivity contribution in [1.82, 2.24) is 15.5 Å². The smallest absolute Gasteiger partial charge is 0.225 e. The zero-order valence-electron chi connectivity index (χ0n) is 15.8. The first-order chi connectivity index (χ1) is 12.5. The molecule has 0 bridgehead atoms. The van der Waals surface area contributed by atoms with Gasteiger partial charge in [0.2, 0.25) is 11.8 Å². The molecule has 2 amide bonds. The van der Waals surface area contributed by atoms with E-state index in [4.69, 9.17) is 4.74 Å². The van der Waals surface area contributed by atoms with Crippen LogP contribution in [0.3, 0.4) is 0 Å². The highest BCUT2D eigenvalue weighted by Crippen LogP contribution is 2.36. The molecule has 2 heterocycles. The van der Waals surface area contributed by atoms with E-state index in [1.165, 1.54) is 0 Å². The Morgan fingerprint density at radius 1 is 1.27 bits per heavy atom. The maximum absolute atomic E-state index is 13.1. The molecule has 2 N–H and O–H groups in total. The van der Waals surface area contributed by atoms with Gasteiger partial charge >= 0.3 is 0 Å². The van der Waals surface area contributed by atoms with Crippen LogP contribution in [0.5, 0.6) is 5.75 Å². The number of carbonyl (C=O) groups excluding carboxylic acids is 2. The molecule has 2 fully saturated rings. The highest BCUT2D eigenvalue weighted by molar-refractivity contribution is 5.85. The van der Waals surface area contributed by atoms with E-state index in [2.05, 4.69) is 17.6 Å². The molecule has 0 aliphatic carbocycles. The van der Waals surface area contributed by atoms with Crippen molar-refractivity contribution in [2.45, 2.75) is 38.3 Å². The minimum absolute atomic E-state index is 0.0470. The summed E-state index contributed by atoms with van der Waals surface area (Å²) in [4.78, 5) is 27.1. The van der Waals surface area contributed by atoms with Crippen molar-refractivity contribution < 1.29 is 14.3 Å². The lowest BCUT2D eigenvalue weighted by atomic mass is 9.83. The van der Waals surface area contributed by atoms with E-state index in [9.17, 15) is 9.59 Å². The average Bonchev–Trinajstić information content (AvgIpc) is 2.65. The van der Waals surface area contributed by atoms with Crippen LogP contribution in [0.1, 0.15) is 37.8 Å². The SMILES string of the molecule is COc1ccc(C2C(C(=O)NC3CNCCC3C)CCC(=O)N2C)cc1. The van der Waals surface area contributed by atoms with Crippen molar-refractivity contribution in [1.29, 1.82) is 0 Å². The Morgan fingerprint density at radius 2 is 2.00 bits per heavy atom. The van der Waals surface area contributed by atoms with Gasteiger partial charge in [0.25, 0.3) is 0 Å². The summed E-state index contributed by atoms with van der Waals surface area (Å²) in [6.07, 6.45) is 2.07. The molecule has 4 atom stereocenters. The topological polar surface area (TPSA) is 70.7 Å². The first-order valence-electron chi connectivity index (χ1n) is 9.42. The zero-order valence-corrected chi connectivity index (χ0v) is 15.8. The van der Waals surface area contributed by atoms with Crippen molar-refractivity contribution >= 4 is 11.8 Å². The van der Waals surface area contributed by atoms with Crippen LogP contribution in [0.25, 0.3) is 0 Å². The van der Waals surface area contributed by atoms with Gasteiger partial charge in [0.1, 0.15) is 5.75 Å². The summed E-state index contributed by atoms with van der Waals surface area (Å²) in [5.74, 6) is 1.12. The van der Waals surface area contributed by atoms with E-state index >= 15 is 0 Å². The maximum atomic E-state index is 13.1. The second kappa shape index (κ2) is 8.08. The molecule has 1 aromatic carbocycles. The normalized spacial score (nSPS) is 29.3. The molecule has 0 aromatic heterocycles. The molecule has 6 heteroatoms. The predicted octanol–water partition coefficient (Wildman–Crippen LogP) is 1.72. The zero-order chi connectivity index (χ0) is 18.7. The van der Waals surface area contributed by atoms with E-state index in [0.29, 0.717) is 18.8 Å². The molecule has 2 aliphatic heterocycles. The molecule has 4 unspecified atom stereocenters. The summed E-state index contributed by atoms with van der Waals surface area (Å²) in [6, 6.07) is 7.56. The second-order valence-corrected chi connectivity index (χ2v) is 7.45. The summed E-state index contributed by atoms with van der Waals surface area (Å²) in [5, 5.41) is 6.58. The van der Waals surface area contributed by atoms with Crippen molar-refractivity contribution in [3.63, 3.8) is 0 Å². The lowest BCUT2D eigenvalue weighted by Gasteiger charge is -2.40. The van der Waals surface area contributed by atoms with Crippen LogP contribution in [0.2, 0.25) is 0 Å². The highest BCUT2D eigenvalue weighted by Gasteiger charge is 2.39. The number of hydrogen-bond donors (Lipinski definition) is 2. The summed E-state index contributed by atoms with van der Waals surface area (Å²) in [5.41, 5.74) is 0.969. The number of rotatable bonds is 4. The van der Waals surface area contributed by atoms with Crippen molar-refractivity contribution in [3.05, 3.63) is 29.8 Å². The van der Waals surface area contributed by atoms with Gasteiger partial charge in [-0.25, -0.2) is 0 Å². The monoisotopic (exact) mass is 359 g/mol. The number of methoxy groups -OCH3 is 1. The fourth-order valence-electron chi connectivity index (χ4n) is 4.04. The molecule has 0 saturated carbocycles. The summed E-state index contributed by atoms with van der Waals surface area (Å²) >= 11 is 0. The Bertz CT molecular complexity index is 646. The number of carbonyl (C=O) groups is 2. The molecular formula is C20H29N3O3. The fourth-order valence-corrected chi connectivity index (χ4v) is 4.04. The Labute approximate surface area is 155 Å². The van der Waals surface area contributed by atoms with Gasteiger partial charge in [-0.15, -0.1) is 0 Å². The van der Waals surface area contributed by atoms with Gasteiger partial charge < -0.3 is 20.3 Å². The summed E-state index contributed by atoms with van der Waals surface area (Å²) < 4.78 is 5.22. The van der Waals surface area contributed by atoms with Gasteiger partial charge in [-0.05, 0) is 43.0 Å². The summed E-state index contributed by atoms with van der Waals surface area (Å²) in [7, 11) is 3.42. The van der Waals surface area contributed by atoms with Crippen LogP contribution in [-0.4, -0.2) is 50.0 Å². The highest BCUT2D eigenvalue weighted by atomic mass is 16.5. The van der Waals surface area contributed by atoms with Crippen LogP contribution in [0.15, 0.2) is 24.3 Å². The number of amides is 2. The number of nitrogens with zero attached hydrogens (tertiary/aromatic N) is 1. The maximum Gasteiger partial charge on any atom is 0.225 e. The molecule has 26 heavy (non-hydrogen) atoms. The number of benzene rings is 1. The molecule has 6 nitrogen and oxygen atoms in total. The third kappa shape index (κ3) is 3.85. The van der Waals surface area contributed by atoms with Crippen LogP contribution in [-0.2, 0) is 9.59 Å². The van der Waals surface area contributed by atoms with Gasteiger partial charge in [-0.3, -0.25) is 9.59 Å². The quantitative estimate of drug-likeness (QED) is 0.859. The molecular weight excluding hydrogens is 330 g/mol. The van der Waals surface area contributed by atoms with Gasteiger partial charge in [0.05, 0.1) is 19.1 Å². The minimum atomic E-state index is -0.242. The first kappa shape index (κ1) is 18.7. The molecule has 142 valence electrons. The lowest BCUT2D eigenvalue weighted by molar-refractivity contribution is -0.142. The number of piperidine rings is 2. The van der Waals surface area contributed by atoms with Crippen molar-refractivity contribution in [2.24, 2.45) is 11.8 Å². The van der Waals surface area contributed by atoms with Crippen LogP contribution in [0.4, 0.5) is 0 Å². The van der Waals surface area contributed by atoms with Crippen LogP contribution in [0, 0.1) is 11.8 Å². The van der Waals surface area contributed by atoms with Crippen LogP contribution < -0.4 is 15.4 Å². The molecule has 2 saturated heterocycles. The summed E-state index contributed by atoms with van der Waals surface area (Å²) in [6.45, 7) is 3.99. The number of nitrogens with one attached hydrogen (secondary N) is 2. The van der Waals surface area contributed by atoms with E-state index < -0.39 is 0 Å². The Morgan fingerprint density at radius 3 is 2.65 bits per heavy atom. The molecule has 0 spiro atoms. The van der Waals surface area contributed by atoms with Crippen LogP contribution >= 0.6 is 0 Å². The largest absolute Gasteiger partial charge is 0.497 e. The third-order valence-corrected chi connectivity index (χ3v) is 5.81. The van der Waals surface area contributed by atoms with Crippen molar-refractivity contribution in [2.75, 3.05) is 27.2 Å². The Hall–Kier alpha value is -2.08. The van der Waals surface area contributed by atoms with Gasteiger partial charge in [-0.1, -0.05) is 19.1 Å². The molecule has 0 radical (unpaired) electrons. The fraction of sp³-hybridized carbons (Fsp3) is 0.600. The third-order valence-electron chi connectivity index (χ3n) is 5.81. The van der Waals surface area contributed by atoms with E-state index in [0.717, 1.165) is 30.8 Å². The van der Waals surface area contributed by atoms with E-state index in [1.807, 2.05) is 24.3 Å². The molecule has 2 aliphatic rings. The molecule has 1 aromatic rings. The Balaban J connectivity index is 1.80. The second-order valence-electron chi connectivity index (χ2n) is 7.45. The lowest BCUT2D eigenvalue weighted by Crippen LogP contribution is -2.54.